The largest absolute Gasteiger partial charge is 0.497 e. The molecule has 0 saturated carbocycles. The quantitative estimate of drug-likeness (QED) is 0.145. The van der Waals surface area contributed by atoms with Crippen molar-refractivity contribution < 1.29 is 9.47 Å². The molecule has 4 heterocycles. The van der Waals surface area contributed by atoms with Crippen molar-refractivity contribution in [3.05, 3.63) is 48.7 Å². The van der Waals surface area contributed by atoms with E-state index in [1.54, 1.807) is 7.11 Å². The number of benzene rings is 1. The molecule has 4 nitrogen and oxygen atoms in total. The van der Waals surface area contributed by atoms with Gasteiger partial charge in [0, 0.05) is 30.8 Å². The number of pyridine rings is 1. The van der Waals surface area contributed by atoms with E-state index in [0.29, 0.717) is 12.0 Å². The molecule has 2 bridgehead atoms. The van der Waals surface area contributed by atoms with E-state index in [1.807, 2.05) is 12.3 Å². The number of rotatable bonds is 18. The maximum absolute atomic E-state index is 6.83. The van der Waals surface area contributed by atoms with Crippen molar-refractivity contribution in [2.45, 2.75) is 109 Å². The average molecular weight is 521 g/mol. The molecule has 4 heteroatoms. The van der Waals surface area contributed by atoms with E-state index in [4.69, 9.17) is 9.47 Å². The van der Waals surface area contributed by atoms with Crippen LogP contribution in [0.4, 0.5) is 0 Å². The first-order valence-corrected chi connectivity index (χ1v) is 15.7. The molecule has 5 atom stereocenters. The number of ether oxygens (including phenoxy) is 2. The fraction of sp³-hybridized carbons (Fsp3) is 0.676. The second kappa shape index (κ2) is 15.6. The molecule has 1 aromatic heterocycles. The van der Waals surface area contributed by atoms with E-state index in [0.717, 1.165) is 42.1 Å². The zero-order valence-corrected chi connectivity index (χ0v) is 24.2. The molecule has 3 aliphatic rings. The van der Waals surface area contributed by atoms with Crippen molar-refractivity contribution >= 4 is 10.9 Å². The molecule has 2 aromatic rings. The molecule has 0 N–H and O–H groups in total. The fourth-order valence-corrected chi connectivity index (χ4v) is 6.78. The number of fused-ring (bicyclic) bond motifs is 4. The summed E-state index contributed by atoms with van der Waals surface area (Å²) in [6, 6.07) is 8.81. The third-order valence-electron chi connectivity index (χ3n) is 9.09. The number of piperidine rings is 3. The summed E-state index contributed by atoms with van der Waals surface area (Å²) in [6.45, 7) is 9.53. The van der Waals surface area contributed by atoms with E-state index in [-0.39, 0.29) is 6.10 Å². The highest BCUT2D eigenvalue weighted by molar-refractivity contribution is 5.84. The second-order valence-electron chi connectivity index (χ2n) is 11.7. The van der Waals surface area contributed by atoms with Crippen molar-refractivity contribution in [2.24, 2.45) is 11.8 Å². The number of aromatic nitrogens is 1. The monoisotopic (exact) mass is 520 g/mol. The highest BCUT2D eigenvalue weighted by Crippen LogP contribution is 2.43. The van der Waals surface area contributed by atoms with Crippen LogP contribution in [0.3, 0.4) is 0 Å². The van der Waals surface area contributed by atoms with E-state index >= 15 is 0 Å². The molecule has 0 spiro atoms. The summed E-state index contributed by atoms with van der Waals surface area (Å²) >= 11 is 0. The van der Waals surface area contributed by atoms with Crippen LogP contribution < -0.4 is 4.74 Å². The standard InChI is InChI=1S/C34H52N2O2/c1-4-6-7-8-9-10-11-12-13-14-15-16-23-38-34(33-24-28-20-22-36(33)26-27(28)5-2)30-19-21-35-32-18-17-29(37-3)25-31(30)32/h5,17-19,21,25,27-28,33-34H,2,4,6-16,20,22-24,26H2,1,3H3/t27-,28-,33-,34+/m0/s1. The van der Waals surface area contributed by atoms with Crippen molar-refractivity contribution in [1.82, 2.24) is 9.88 Å². The van der Waals surface area contributed by atoms with Gasteiger partial charge in [0.15, 0.2) is 0 Å². The van der Waals surface area contributed by atoms with Crippen LogP contribution in [0.15, 0.2) is 43.1 Å². The van der Waals surface area contributed by atoms with Crippen LogP contribution in [0.1, 0.15) is 108 Å². The summed E-state index contributed by atoms with van der Waals surface area (Å²) in [5.41, 5.74) is 2.28. The van der Waals surface area contributed by atoms with Gasteiger partial charge in [0.2, 0.25) is 0 Å². The van der Waals surface area contributed by atoms with Crippen molar-refractivity contribution in [3.63, 3.8) is 0 Å². The molecule has 5 rings (SSSR count). The van der Waals surface area contributed by atoms with Gasteiger partial charge in [-0.1, -0.05) is 83.6 Å². The summed E-state index contributed by atoms with van der Waals surface area (Å²) in [5, 5.41) is 1.16. The van der Waals surface area contributed by atoms with Gasteiger partial charge in [-0.2, -0.15) is 0 Å². The van der Waals surface area contributed by atoms with Crippen LogP contribution in [-0.4, -0.2) is 42.7 Å². The first kappa shape index (κ1) is 29.1. The van der Waals surface area contributed by atoms with Crippen molar-refractivity contribution in [3.8, 4) is 5.75 Å². The fourth-order valence-electron chi connectivity index (χ4n) is 6.78. The summed E-state index contributed by atoms with van der Waals surface area (Å²) in [6.07, 6.45) is 23.0. The van der Waals surface area contributed by atoms with Gasteiger partial charge >= 0.3 is 0 Å². The molecular formula is C34H52N2O2. The Balaban J connectivity index is 1.31. The predicted molar refractivity (Wildman–Crippen MR) is 160 cm³/mol. The lowest BCUT2D eigenvalue weighted by molar-refractivity contribution is -0.0754. The summed E-state index contributed by atoms with van der Waals surface area (Å²) in [7, 11) is 1.74. The van der Waals surface area contributed by atoms with Crippen LogP contribution in [0, 0.1) is 11.8 Å². The molecule has 210 valence electrons. The first-order chi connectivity index (χ1) is 18.7. The summed E-state index contributed by atoms with van der Waals surface area (Å²) in [5.74, 6) is 2.22. The zero-order chi connectivity index (χ0) is 26.6. The van der Waals surface area contributed by atoms with Gasteiger partial charge in [-0.3, -0.25) is 9.88 Å². The molecule has 0 radical (unpaired) electrons. The van der Waals surface area contributed by atoms with E-state index in [2.05, 4.69) is 47.7 Å². The molecule has 0 amide bonds. The summed E-state index contributed by atoms with van der Waals surface area (Å²) < 4.78 is 12.4. The molecule has 38 heavy (non-hydrogen) atoms. The minimum absolute atomic E-state index is 0.0638. The highest BCUT2D eigenvalue weighted by Gasteiger charge is 2.43. The van der Waals surface area contributed by atoms with Crippen LogP contribution in [-0.2, 0) is 4.74 Å². The third kappa shape index (κ3) is 7.82. The minimum Gasteiger partial charge on any atom is -0.497 e. The van der Waals surface area contributed by atoms with Crippen molar-refractivity contribution in [2.75, 3.05) is 26.8 Å². The zero-order valence-electron chi connectivity index (χ0n) is 24.2. The Labute approximate surface area is 232 Å². The lowest BCUT2D eigenvalue weighted by Crippen LogP contribution is -2.55. The van der Waals surface area contributed by atoms with E-state index in [1.165, 1.54) is 95.6 Å². The normalized spacial score (nSPS) is 23.5. The second-order valence-corrected chi connectivity index (χ2v) is 11.7. The smallest absolute Gasteiger partial charge is 0.119 e. The van der Waals surface area contributed by atoms with Gasteiger partial charge in [-0.15, -0.1) is 6.58 Å². The number of methoxy groups -OCH3 is 1. The number of unbranched alkanes of at least 4 members (excludes halogenated alkanes) is 11. The van der Waals surface area contributed by atoms with Crippen LogP contribution in [0.5, 0.6) is 5.75 Å². The van der Waals surface area contributed by atoms with Gasteiger partial charge in [-0.05, 0) is 67.5 Å². The topological polar surface area (TPSA) is 34.6 Å². The van der Waals surface area contributed by atoms with Gasteiger partial charge in [-0.25, -0.2) is 0 Å². The Bertz CT molecular complexity index is 976. The molecule has 3 saturated heterocycles. The maximum atomic E-state index is 6.83. The highest BCUT2D eigenvalue weighted by atomic mass is 16.5. The van der Waals surface area contributed by atoms with E-state index < -0.39 is 0 Å². The Morgan fingerprint density at radius 1 is 1.00 bits per heavy atom. The molecule has 1 aromatic carbocycles. The molecule has 1 unspecified atom stereocenters. The number of nitrogens with zero attached hydrogens (tertiary/aromatic N) is 2. The molecule has 0 aliphatic carbocycles. The molecular weight excluding hydrogens is 468 g/mol. The van der Waals surface area contributed by atoms with Gasteiger partial charge in [0.25, 0.3) is 0 Å². The van der Waals surface area contributed by atoms with Gasteiger partial charge in [0.05, 0.1) is 18.7 Å². The molecule has 3 aliphatic heterocycles. The maximum Gasteiger partial charge on any atom is 0.119 e. The average Bonchev–Trinajstić information content (AvgIpc) is 2.97. The van der Waals surface area contributed by atoms with Crippen LogP contribution in [0.25, 0.3) is 10.9 Å². The van der Waals surface area contributed by atoms with Gasteiger partial charge in [0.1, 0.15) is 5.75 Å². The van der Waals surface area contributed by atoms with Crippen molar-refractivity contribution in [1.29, 1.82) is 0 Å². The van der Waals surface area contributed by atoms with Crippen LogP contribution in [0.2, 0.25) is 0 Å². The Kier molecular flexibility index (Phi) is 12.0. The predicted octanol–water partition coefficient (Wildman–Crippen LogP) is 8.90. The number of hydrogen-bond donors (Lipinski definition) is 0. The Hall–Kier alpha value is -1.91. The van der Waals surface area contributed by atoms with Crippen LogP contribution >= 0.6 is 0 Å². The van der Waals surface area contributed by atoms with Gasteiger partial charge < -0.3 is 9.47 Å². The minimum atomic E-state index is 0.0638. The Morgan fingerprint density at radius 3 is 2.34 bits per heavy atom. The Morgan fingerprint density at radius 2 is 1.71 bits per heavy atom. The SMILES string of the molecule is C=C[C@H]1CN2CC[C@H]1C[C@H]2[C@H](OCCCCCCCCCCCCCC)c1ccnc2ccc(OC)cc12. The molecule has 3 fully saturated rings. The lowest BCUT2D eigenvalue weighted by Gasteiger charge is -2.51. The first-order valence-electron chi connectivity index (χ1n) is 15.7. The lowest BCUT2D eigenvalue weighted by atomic mass is 9.73. The van der Waals surface area contributed by atoms with E-state index in [9.17, 15) is 0 Å². The third-order valence-corrected chi connectivity index (χ3v) is 9.09. The summed E-state index contributed by atoms with van der Waals surface area (Å²) in [4.78, 5) is 7.32. The number of hydrogen-bond acceptors (Lipinski definition) is 4.